The van der Waals surface area contributed by atoms with E-state index in [4.69, 9.17) is 9.47 Å². The number of amides is 1. The average Bonchev–Trinajstić information content (AvgIpc) is 3.12. The van der Waals surface area contributed by atoms with Crippen molar-refractivity contribution in [1.29, 1.82) is 0 Å². The van der Waals surface area contributed by atoms with E-state index < -0.39 is 5.97 Å². The van der Waals surface area contributed by atoms with Crippen molar-refractivity contribution in [2.75, 3.05) is 26.0 Å². The van der Waals surface area contributed by atoms with Gasteiger partial charge < -0.3 is 14.8 Å². The summed E-state index contributed by atoms with van der Waals surface area (Å²) >= 11 is 3.48. The number of thioether (sulfide) groups is 1. The van der Waals surface area contributed by atoms with Gasteiger partial charge in [0.1, 0.15) is 5.75 Å². The van der Waals surface area contributed by atoms with Crippen molar-refractivity contribution in [2.45, 2.75) is 5.75 Å². The number of esters is 1. The maximum absolute atomic E-state index is 11.9. The van der Waals surface area contributed by atoms with Crippen LogP contribution >= 0.6 is 23.1 Å². The molecule has 1 aromatic carbocycles. The number of ether oxygens (including phenoxy) is 2. The Morgan fingerprint density at radius 3 is 2.88 bits per heavy atom. The zero-order valence-corrected chi connectivity index (χ0v) is 15.0. The molecular formula is C17H19NO4S2. The van der Waals surface area contributed by atoms with E-state index in [1.807, 2.05) is 11.4 Å². The number of thiophene rings is 1. The van der Waals surface area contributed by atoms with E-state index in [0.29, 0.717) is 17.9 Å². The Morgan fingerprint density at radius 2 is 2.12 bits per heavy atom. The first-order valence-corrected chi connectivity index (χ1v) is 9.40. The molecule has 24 heavy (non-hydrogen) atoms. The van der Waals surface area contributed by atoms with Crippen LogP contribution in [0.2, 0.25) is 0 Å². The molecule has 0 fully saturated rings. The lowest BCUT2D eigenvalue weighted by Gasteiger charge is -2.07. The maximum atomic E-state index is 11.9. The highest BCUT2D eigenvalue weighted by molar-refractivity contribution is 7.98. The molecule has 0 aliphatic rings. The van der Waals surface area contributed by atoms with E-state index in [1.54, 1.807) is 47.4 Å². The second-order valence-electron chi connectivity index (χ2n) is 4.79. The van der Waals surface area contributed by atoms with Crippen molar-refractivity contribution in [2.24, 2.45) is 0 Å². The number of carbonyl (C=O) groups excluding carboxylic acids is 2. The van der Waals surface area contributed by atoms with Crippen LogP contribution < -0.4 is 10.1 Å². The third kappa shape index (κ3) is 6.25. The second-order valence-corrected chi connectivity index (χ2v) is 6.93. The average molecular weight is 365 g/mol. The number of hydrogen-bond acceptors (Lipinski definition) is 6. The lowest BCUT2D eigenvalue weighted by Crippen LogP contribution is -2.30. The largest absolute Gasteiger partial charge is 0.497 e. The minimum absolute atomic E-state index is 0.286. The Kier molecular flexibility index (Phi) is 7.64. The fourth-order valence-corrected chi connectivity index (χ4v) is 3.54. The third-order valence-corrected chi connectivity index (χ3v) is 5.10. The molecule has 0 aliphatic carbocycles. The zero-order valence-electron chi connectivity index (χ0n) is 13.3. The first kappa shape index (κ1) is 18.4. The summed E-state index contributed by atoms with van der Waals surface area (Å²) in [4.78, 5) is 24.9. The fraction of sp³-hybridized carbons (Fsp3) is 0.294. The monoisotopic (exact) mass is 365 g/mol. The predicted molar refractivity (Wildman–Crippen MR) is 96.8 cm³/mol. The molecule has 1 amide bonds. The van der Waals surface area contributed by atoms with E-state index in [-0.39, 0.29) is 12.5 Å². The van der Waals surface area contributed by atoms with Crippen molar-refractivity contribution >= 4 is 35.0 Å². The van der Waals surface area contributed by atoms with Gasteiger partial charge in [-0.1, -0.05) is 12.1 Å². The van der Waals surface area contributed by atoms with Crippen LogP contribution in [0.5, 0.6) is 5.75 Å². The zero-order chi connectivity index (χ0) is 17.2. The highest BCUT2D eigenvalue weighted by atomic mass is 32.2. The third-order valence-electron chi connectivity index (χ3n) is 3.03. The van der Waals surface area contributed by atoms with Gasteiger partial charge in [0.25, 0.3) is 5.91 Å². The van der Waals surface area contributed by atoms with Crippen molar-refractivity contribution < 1.29 is 19.1 Å². The molecular weight excluding hydrogens is 346 g/mol. The molecule has 2 rings (SSSR count). The van der Waals surface area contributed by atoms with Crippen LogP contribution in [0.15, 0.2) is 41.8 Å². The Morgan fingerprint density at radius 1 is 1.25 bits per heavy atom. The van der Waals surface area contributed by atoms with E-state index in [9.17, 15) is 9.59 Å². The minimum atomic E-state index is -0.545. The highest BCUT2D eigenvalue weighted by Crippen LogP contribution is 2.16. The van der Waals surface area contributed by atoms with Gasteiger partial charge in [-0.2, -0.15) is 11.8 Å². The molecule has 0 bridgehead atoms. The van der Waals surface area contributed by atoms with Crippen molar-refractivity contribution in [3.8, 4) is 5.75 Å². The van der Waals surface area contributed by atoms with E-state index in [0.717, 1.165) is 11.5 Å². The summed E-state index contributed by atoms with van der Waals surface area (Å²) in [5.74, 6) is 1.47. The maximum Gasteiger partial charge on any atom is 0.338 e. The summed E-state index contributed by atoms with van der Waals surface area (Å²) in [5, 5.41) is 4.78. The molecule has 0 aliphatic heterocycles. The van der Waals surface area contributed by atoms with Gasteiger partial charge in [-0.15, -0.1) is 11.3 Å². The first-order chi connectivity index (χ1) is 11.7. The molecule has 0 spiro atoms. The number of nitrogens with one attached hydrogen (secondary N) is 1. The highest BCUT2D eigenvalue weighted by Gasteiger charge is 2.10. The molecule has 1 aromatic heterocycles. The van der Waals surface area contributed by atoms with Gasteiger partial charge in [0, 0.05) is 22.9 Å². The van der Waals surface area contributed by atoms with Gasteiger partial charge in [0.05, 0.1) is 12.7 Å². The van der Waals surface area contributed by atoms with Crippen LogP contribution in [0.1, 0.15) is 15.2 Å². The Bertz CT molecular complexity index is 658. The fourth-order valence-electron chi connectivity index (χ4n) is 1.85. The second kappa shape index (κ2) is 10.00. The van der Waals surface area contributed by atoms with Crippen molar-refractivity contribution in [1.82, 2.24) is 5.32 Å². The van der Waals surface area contributed by atoms with Gasteiger partial charge in [-0.3, -0.25) is 4.79 Å². The molecule has 5 nitrogen and oxygen atoms in total. The standard InChI is InChI=1S/C17H19NO4S2/c1-21-14-5-2-4-13(10-14)17(20)22-11-16(19)18-7-9-23-12-15-6-3-8-24-15/h2-6,8,10H,7,9,11-12H2,1H3,(H,18,19). The number of rotatable bonds is 9. The summed E-state index contributed by atoms with van der Waals surface area (Å²) in [6.07, 6.45) is 0. The van der Waals surface area contributed by atoms with Gasteiger partial charge >= 0.3 is 5.97 Å². The normalized spacial score (nSPS) is 10.2. The Balaban J connectivity index is 1.61. The lowest BCUT2D eigenvalue weighted by atomic mass is 10.2. The molecule has 2 aromatic rings. The molecule has 1 N–H and O–H groups in total. The number of benzene rings is 1. The lowest BCUT2D eigenvalue weighted by molar-refractivity contribution is -0.124. The summed E-state index contributed by atoms with van der Waals surface area (Å²) in [5.41, 5.74) is 0.355. The van der Waals surface area contributed by atoms with Crippen molar-refractivity contribution in [3.63, 3.8) is 0 Å². The SMILES string of the molecule is COc1cccc(C(=O)OCC(=O)NCCSCc2cccs2)c1. The summed E-state index contributed by atoms with van der Waals surface area (Å²) in [6, 6.07) is 10.7. The van der Waals surface area contributed by atoms with E-state index >= 15 is 0 Å². The van der Waals surface area contributed by atoms with Gasteiger partial charge in [-0.25, -0.2) is 4.79 Å². The molecule has 7 heteroatoms. The summed E-state index contributed by atoms with van der Waals surface area (Å²) in [6.45, 7) is 0.261. The topological polar surface area (TPSA) is 64.6 Å². The van der Waals surface area contributed by atoms with Crippen LogP contribution in [-0.2, 0) is 15.3 Å². The molecule has 0 saturated carbocycles. The summed E-state index contributed by atoms with van der Waals surface area (Å²) < 4.78 is 10.0. The molecule has 128 valence electrons. The molecule has 0 radical (unpaired) electrons. The number of hydrogen-bond donors (Lipinski definition) is 1. The smallest absolute Gasteiger partial charge is 0.338 e. The summed E-state index contributed by atoms with van der Waals surface area (Å²) in [7, 11) is 1.52. The van der Waals surface area contributed by atoms with Gasteiger partial charge in [-0.05, 0) is 29.6 Å². The van der Waals surface area contributed by atoms with Crippen LogP contribution in [-0.4, -0.2) is 37.9 Å². The van der Waals surface area contributed by atoms with Crippen molar-refractivity contribution in [3.05, 3.63) is 52.2 Å². The Hall–Kier alpha value is -1.99. The van der Waals surface area contributed by atoms with Gasteiger partial charge in [0.15, 0.2) is 6.61 Å². The predicted octanol–water partition coefficient (Wildman–Crippen LogP) is 2.96. The Labute approximate surface area is 149 Å². The van der Waals surface area contributed by atoms with Crippen LogP contribution in [0.4, 0.5) is 0 Å². The first-order valence-electron chi connectivity index (χ1n) is 7.37. The van der Waals surface area contributed by atoms with Crippen LogP contribution in [0, 0.1) is 0 Å². The van der Waals surface area contributed by atoms with E-state index in [2.05, 4.69) is 11.4 Å². The number of carbonyl (C=O) groups is 2. The van der Waals surface area contributed by atoms with Gasteiger partial charge in [0.2, 0.25) is 0 Å². The van der Waals surface area contributed by atoms with E-state index in [1.165, 1.54) is 12.0 Å². The quantitative estimate of drug-likeness (QED) is 0.547. The van der Waals surface area contributed by atoms with Crippen LogP contribution in [0.25, 0.3) is 0 Å². The molecule has 1 heterocycles. The molecule has 0 unspecified atom stereocenters. The van der Waals surface area contributed by atoms with Crippen LogP contribution in [0.3, 0.4) is 0 Å². The minimum Gasteiger partial charge on any atom is -0.497 e. The number of methoxy groups -OCH3 is 1. The molecule has 0 saturated heterocycles. The molecule has 0 atom stereocenters.